The summed E-state index contributed by atoms with van der Waals surface area (Å²) in [5.41, 5.74) is 0.691. The molecule has 1 rings (SSSR count). The number of halogens is 1. The van der Waals surface area contributed by atoms with Gasteiger partial charge in [0.2, 0.25) is 0 Å². The van der Waals surface area contributed by atoms with Gasteiger partial charge in [0, 0.05) is 0 Å². The smallest absolute Gasteiger partial charge is 0.137 e. The Labute approximate surface area is 102 Å². The number of benzene rings is 1. The molecule has 0 fully saturated rings. The van der Waals surface area contributed by atoms with Crippen LogP contribution in [0.5, 0.6) is 5.75 Å². The minimum Gasteiger partial charge on any atom is -0.492 e. The standard InChI is InChI=1S/C13H16ClNO/c1-4-16-12-6-5-10(7-11(12)14)8-13(2,3)9-15/h5-7H,4,8H2,1-3H3. The van der Waals surface area contributed by atoms with Gasteiger partial charge < -0.3 is 4.74 Å². The van der Waals surface area contributed by atoms with Crippen LogP contribution in [0, 0.1) is 16.7 Å². The molecule has 0 amide bonds. The van der Waals surface area contributed by atoms with E-state index in [-0.39, 0.29) is 5.41 Å². The minimum atomic E-state index is -0.365. The van der Waals surface area contributed by atoms with Crippen LogP contribution in [0.4, 0.5) is 0 Å². The fourth-order valence-corrected chi connectivity index (χ4v) is 1.73. The summed E-state index contributed by atoms with van der Waals surface area (Å²) in [5, 5.41) is 9.56. The van der Waals surface area contributed by atoms with E-state index in [2.05, 4.69) is 6.07 Å². The van der Waals surface area contributed by atoms with Crippen LogP contribution < -0.4 is 4.74 Å². The Morgan fingerprint density at radius 1 is 1.44 bits per heavy atom. The Morgan fingerprint density at radius 2 is 2.12 bits per heavy atom. The third-order valence-corrected chi connectivity index (χ3v) is 2.54. The van der Waals surface area contributed by atoms with Crippen molar-refractivity contribution in [2.75, 3.05) is 6.61 Å². The van der Waals surface area contributed by atoms with Crippen LogP contribution >= 0.6 is 11.6 Å². The van der Waals surface area contributed by atoms with Crippen molar-refractivity contribution in [3.63, 3.8) is 0 Å². The molecule has 16 heavy (non-hydrogen) atoms. The largest absolute Gasteiger partial charge is 0.492 e. The van der Waals surface area contributed by atoms with Crippen molar-refractivity contribution in [1.82, 2.24) is 0 Å². The van der Waals surface area contributed by atoms with Crippen LogP contribution in [0.2, 0.25) is 5.02 Å². The Kier molecular flexibility index (Phi) is 4.20. The highest BCUT2D eigenvalue weighted by molar-refractivity contribution is 6.32. The first kappa shape index (κ1) is 12.9. The Bertz CT molecular complexity index is 407. The molecule has 0 atom stereocenters. The van der Waals surface area contributed by atoms with E-state index in [1.807, 2.05) is 39.0 Å². The number of hydrogen-bond donors (Lipinski definition) is 0. The molecule has 1 aromatic rings. The molecule has 0 aromatic heterocycles. The van der Waals surface area contributed by atoms with Gasteiger partial charge in [-0.25, -0.2) is 0 Å². The summed E-state index contributed by atoms with van der Waals surface area (Å²) in [6, 6.07) is 7.95. The molecule has 0 aliphatic heterocycles. The van der Waals surface area contributed by atoms with E-state index in [0.29, 0.717) is 23.8 Å². The van der Waals surface area contributed by atoms with Gasteiger partial charge in [-0.05, 0) is 44.9 Å². The highest BCUT2D eigenvalue weighted by atomic mass is 35.5. The lowest BCUT2D eigenvalue weighted by molar-refractivity contribution is 0.340. The summed E-state index contributed by atoms with van der Waals surface area (Å²) in [5.74, 6) is 0.697. The van der Waals surface area contributed by atoms with Crippen molar-refractivity contribution in [2.45, 2.75) is 27.2 Å². The third-order valence-electron chi connectivity index (χ3n) is 2.24. The first-order valence-electron chi connectivity index (χ1n) is 5.31. The lowest BCUT2D eigenvalue weighted by Crippen LogP contribution is -2.11. The number of nitriles is 1. The zero-order chi connectivity index (χ0) is 12.2. The van der Waals surface area contributed by atoms with E-state index in [4.69, 9.17) is 21.6 Å². The quantitative estimate of drug-likeness (QED) is 0.797. The van der Waals surface area contributed by atoms with Crippen LogP contribution in [-0.2, 0) is 6.42 Å². The summed E-state index contributed by atoms with van der Waals surface area (Å²) in [4.78, 5) is 0. The van der Waals surface area contributed by atoms with E-state index in [1.165, 1.54) is 0 Å². The van der Waals surface area contributed by atoms with Crippen LogP contribution in [0.3, 0.4) is 0 Å². The fraction of sp³-hybridized carbons (Fsp3) is 0.462. The van der Waals surface area contributed by atoms with Gasteiger partial charge in [0.15, 0.2) is 0 Å². The molecule has 0 heterocycles. The molecular formula is C13H16ClNO. The maximum absolute atomic E-state index is 8.96. The van der Waals surface area contributed by atoms with Crippen molar-refractivity contribution in [2.24, 2.45) is 5.41 Å². The zero-order valence-corrected chi connectivity index (χ0v) is 10.6. The van der Waals surface area contributed by atoms with Crippen molar-refractivity contribution in [3.05, 3.63) is 28.8 Å². The van der Waals surface area contributed by atoms with Crippen molar-refractivity contribution >= 4 is 11.6 Å². The number of nitrogens with zero attached hydrogens (tertiary/aromatic N) is 1. The SMILES string of the molecule is CCOc1ccc(CC(C)(C)C#N)cc1Cl. The van der Waals surface area contributed by atoms with Gasteiger partial charge in [0.05, 0.1) is 23.1 Å². The number of ether oxygens (including phenoxy) is 1. The second-order valence-electron chi connectivity index (χ2n) is 4.37. The number of rotatable bonds is 4. The van der Waals surface area contributed by atoms with E-state index in [1.54, 1.807) is 0 Å². The van der Waals surface area contributed by atoms with Gasteiger partial charge in [0.1, 0.15) is 5.75 Å². The van der Waals surface area contributed by atoms with E-state index in [9.17, 15) is 0 Å². The average Bonchev–Trinajstić information content (AvgIpc) is 2.22. The van der Waals surface area contributed by atoms with Gasteiger partial charge in [-0.15, -0.1) is 0 Å². The normalized spacial score (nSPS) is 10.9. The van der Waals surface area contributed by atoms with Gasteiger partial charge in [-0.1, -0.05) is 17.7 Å². The molecule has 2 nitrogen and oxygen atoms in total. The molecule has 0 N–H and O–H groups in total. The molecule has 86 valence electrons. The summed E-state index contributed by atoms with van der Waals surface area (Å²) in [7, 11) is 0. The maximum atomic E-state index is 8.96. The molecule has 0 spiro atoms. The Hall–Kier alpha value is -1.20. The fourth-order valence-electron chi connectivity index (χ4n) is 1.48. The van der Waals surface area contributed by atoms with Crippen LogP contribution in [0.15, 0.2) is 18.2 Å². The highest BCUT2D eigenvalue weighted by Crippen LogP contribution is 2.28. The summed E-state index contributed by atoms with van der Waals surface area (Å²) < 4.78 is 5.35. The predicted molar refractivity (Wildman–Crippen MR) is 65.7 cm³/mol. The minimum absolute atomic E-state index is 0.365. The molecule has 0 aliphatic carbocycles. The first-order chi connectivity index (χ1) is 7.48. The second-order valence-corrected chi connectivity index (χ2v) is 4.78. The monoisotopic (exact) mass is 237 g/mol. The highest BCUT2D eigenvalue weighted by Gasteiger charge is 2.17. The van der Waals surface area contributed by atoms with Crippen molar-refractivity contribution < 1.29 is 4.74 Å². The molecule has 0 saturated heterocycles. The third kappa shape index (κ3) is 3.43. The van der Waals surface area contributed by atoms with Crippen LogP contribution in [0.1, 0.15) is 26.3 Å². The van der Waals surface area contributed by atoms with Gasteiger partial charge in [-0.2, -0.15) is 5.26 Å². The molecular weight excluding hydrogens is 222 g/mol. The molecule has 3 heteroatoms. The summed E-state index contributed by atoms with van der Waals surface area (Å²) in [6.07, 6.45) is 0.690. The molecule has 0 unspecified atom stereocenters. The van der Waals surface area contributed by atoms with Gasteiger partial charge >= 0.3 is 0 Å². The second kappa shape index (κ2) is 5.23. The summed E-state index contributed by atoms with van der Waals surface area (Å²) in [6.45, 7) is 6.35. The molecule has 0 saturated carbocycles. The number of hydrogen-bond acceptors (Lipinski definition) is 2. The Morgan fingerprint density at radius 3 is 2.62 bits per heavy atom. The molecule has 0 bridgehead atoms. The molecule has 1 aromatic carbocycles. The van der Waals surface area contributed by atoms with Crippen molar-refractivity contribution in [1.29, 1.82) is 5.26 Å². The maximum Gasteiger partial charge on any atom is 0.137 e. The molecule has 0 radical (unpaired) electrons. The van der Waals surface area contributed by atoms with Gasteiger partial charge in [-0.3, -0.25) is 0 Å². The first-order valence-corrected chi connectivity index (χ1v) is 5.69. The van der Waals surface area contributed by atoms with Crippen molar-refractivity contribution in [3.8, 4) is 11.8 Å². The van der Waals surface area contributed by atoms with Crippen LogP contribution in [-0.4, -0.2) is 6.61 Å². The Balaban J connectivity index is 2.86. The lowest BCUT2D eigenvalue weighted by atomic mass is 9.87. The van der Waals surface area contributed by atoms with E-state index >= 15 is 0 Å². The zero-order valence-electron chi connectivity index (χ0n) is 9.88. The van der Waals surface area contributed by atoms with E-state index < -0.39 is 0 Å². The predicted octanol–water partition coefficient (Wildman–Crippen LogP) is 3.83. The van der Waals surface area contributed by atoms with Crippen LogP contribution in [0.25, 0.3) is 0 Å². The molecule has 0 aliphatic rings. The van der Waals surface area contributed by atoms with Gasteiger partial charge in [0.25, 0.3) is 0 Å². The lowest BCUT2D eigenvalue weighted by Gasteiger charge is -2.15. The topological polar surface area (TPSA) is 33.0 Å². The average molecular weight is 238 g/mol. The summed E-state index contributed by atoms with van der Waals surface area (Å²) >= 11 is 6.07. The van der Waals surface area contributed by atoms with E-state index in [0.717, 1.165) is 5.56 Å².